The third-order valence-electron chi connectivity index (χ3n) is 2.05. The van der Waals surface area contributed by atoms with E-state index in [2.05, 4.69) is 17.2 Å². The maximum absolute atomic E-state index is 11.6. The number of nitro benzene ring substituents is 1. The Kier molecular flexibility index (Phi) is 4.70. The first-order chi connectivity index (χ1) is 8.15. The molecule has 0 atom stereocenters. The smallest absolute Gasteiger partial charge is 0.269 e. The molecule has 1 amide bonds. The lowest BCUT2D eigenvalue weighted by Crippen LogP contribution is -2.24. The molecule has 5 heteroatoms. The van der Waals surface area contributed by atoms with Gasteiger partial charge in [0.25, 0.3) is 11.6 Å². The molecule has 0 aliphatic carbocycles. The van der Waals surface area contributed by atoms with E-state index in [1.807, 2.05) is 0 Å². The van der Waals surface area contributed by atoms with E-state index in [1.165, 1.54) is 24.3 Å². The minimum atomic E-state index is -0.501. The number of nitrogens with one attached hydrogen (secondary N) is 1. The molecule has 1 aromatic carbocycles. The summed E-state index contributed by atoms with van der Waals surface area (Å²) in [6.07, 6.45) is 0.592. The number of nitro groups is 1. The van der Waals surface area contributed by atoms with Crippen molar-refractivity contribution in [1.82, 2.24) is 5.32 Å². The standard InChI is InChI=1S/C12H12N2O3/c1-2-3-4-9-13-12(15)10-5-7-11(8-6-10)14(16)17/h5-8H,4,9H2,1H3,(H,13,15). The van der Waals surface area contributed by atoms with Crippen molar-refractivity contribution < 1.29 is 9.72 Å². The highest BCUT2D eigenvalue weighted by Gasteiger charge is 2.08. The molecule has 88 valence electrons. The van der Waals surface area contributed by atoms with Crippen LogP contribution in [0.2, 0.25) is 0 Å². The minimum Gasteiger partial charge on any atom is -0.351 e. The molecule has 1 aromatic rings. The van der Waals surface area contributed by atoms with Gasteiger partial charge in [-0.3, -0.25) is 14.9 Å². The molecule has 0 heterocycles. The average molecular weight is 232 g/mol. The van der Waals surface area contributed by atoms with E-state index in [-0.39, 0.29) is 11.6 Å². The number of non-ortho nitro benzene ring substituents is 1. The van der Waals surface area contributed by atoms with Gasteiger partial charge in [0.2, 0.25) is 0 Å². The number of amides is 1. The van der Waals surface area contributed by atoms with Crippen LogP contribution in [0.15, 0.2) is 24.3 Å². The van der Waals surface area contributed by atoms with Crippen LogP contribution in [0.25, 0.3) is 0 Å². The maximum atomic E-state index is 11.6. The van der Waals surface area contributed by atoms with Gasteiger partial charge in [0.05, 0.1) is 4.92 Å². The second-order valence-electron chi connectivity index (χ2n) is 3.24. The Balaban J connectivity index is 2.56. The van der Waals surface area contributed by atoms with Gasteiger partial charge >= 0.3 is 0 Å². The lowest BCUT2D eigenvalue weighted by molar-refractivity contribution is -0.384. The van der Waals surface area contributed by atoms with E-state index < -0.39 is 4.92 Å². The highest BCUT2D eigenvalue weighted by molar-refractivity contribution is 5.94. The van der Waals surface area contributed by atoms with Crippen molar-refractivity contribution in [2.24, 2.45) is 0 Å². The van der Waals surface area contributed by atoms with E-state index in [9.17, 15) is 14.9 Å². The van der Waals surface area contributed by atoms with Crippen molar-refractivity contribution in [3.8, 4) is 11.8 Å². The number of carbonyl (C=O) groups excluding carboxylic acids is 1. The molecule has 5 nitrogen and oxygen atoms in total. The summed E-state index contributed by atoms with van der Waals surface area (Å²) < 4.78 is 0. The van der Waals surface area contributed by atoms with Gasteiger partial charge in [-0.05, 0) is 19.1 Å². The molecule has 17 heavy (non-hydrogen) atoms. The van der Waals surface area contributed by atoms with Gasteiger partial charge in [-0.2, -0.15) is 0 Å². The van der Waals surface area contributed by atoms with Gasteiger partial charge in [0.15, 0.2) is 0 Å². The van der Waals surface area contributed by atoms with Gasteiger partial charge in [-0.25, -0.2) is 0 Å². The zero-order valence-electron chi connectivity index (χ0n) is 9.40. The van der Waals surface area contributed by atoms with E-state index in [0.29, 0.717) is 18.5 Å². The Morgan fingerprint density at radius 3 is 2.59 bits per heavy atom. The maximum Gasteiger partial charge on any atom is 0.269 e. The summed E-state index contributed by atoms with van der Waals surface area (Å²) in [7, 11) is 0. The van der Waals surface area contributed by atoms with Crippen LogP contribution < -0.4 is 5.32 Å². The fraction of sp³-hybridized carbons (Fsp3) is 0.250. The molecular formula is C12H12N2O3. The molecule has 1 rings (SSSR count). The van der Waals surface area contributed by atoms with Crippen LogP contribution in [0.4, 0.5) is 5.69 Å². The quantitative estimate of drug-likeness (QED) is 0.372. The minimum absolute atomic E-state index is 0.0293. The summed E-state index contributed by atoms with van der Waals surface area (Å²) in [5.41, 5.74) is 0.374. The Morgan fingerprint density at radius 1 is 1.41 bits per heavy atom. The largest absolute Gasteiger partial charge is 0.351 e. The van der Waals surface area contributed by atoms with Crippen molar-refractivity contribution in [2.45, 2.75) is 13.3 Å². The Labute approximate surface area is 99.0 Å². The normalized spacial score (nSPS) is 9.00. The van der Waals surface area contributed by atoms with Crippen LogP contribution in [0.5, 0.6) is 0 Å². The summed E-state index contributed by atoms with van der Waals surface area (Å²) in [4.78, 5) is 21.5. The Bertz CT molecular complexity index is 469. The van der Waals surface area contributed by atoms with Crippen molar-refractivity contribution in [3.63, 3.8) is 0 Å². The molecule has 0 aromatic heterocycles. The second kappa shape index (κ2) is 6.28. The Hall–Kier alpha value is -2.35. The Morgan fingerprint density at radius 2 is 2.06 bits per heavy atom. The number of hydrogen-bond donors (Lipinski definition) is 1. The van der Waals surface area contributed by atoms with Gasteiger partial charge < -0.3 is 5.32 Å². The third-order valence-corrected chi connectivity index (χ3v) is 2.05. The van der Waals surface area contributed by atoms with Crippen molar-refractivity contribution in [2.75, 3.05) is 6.54 Å². The lowest BCUT2D eigenvalue weighted by Gasteiger charge is -2.02. The fourth-order valence-electron chi connectivity index (χ4n) is 1.20. The summed E-state index contributed by atoms with van der Waals surface area (Å²) in [5.74, 6) is 5.30. The molecule has 0 aliphatic rings. The SMILES string of the molecule is CC#CCCNC(=O)c1ccc([N+](=O)[O-])cc1. The summed E-state index contributed by atoms with van der Waals surface area (Å²) in [5, 5.41) is 13.1. The van der Waals surface area contributed by atoms with Crippen LogP contribution in [0.1, 0.15) is 23.7 Å². The highest BCUT2D eigenvalue weighted by atomic mass is 16.6. The molecule has 0 saturated carbocycles. The lowest BCUT2D eigenvalue weighted by atomic mass is 10.2. The first-order valence-electron chi connectivity index (χ1n) is 5.07. The first kappa shape index (κ1) is 12.7. The van der Waals surface area contributed by atoms with E-state index in [0.717, 1.165) is 0 Å². The monoisotopic (exact) mass is 232 g/mol. The van der Waals surface area contributed by atoms with Crippen LogP contribution in [0, 0.1) is 22.0 Å². The first-order valence-corrected chi connectivity index (χ1v) is 5.07. The summed E-state index contributed by atoms with van der Waals surface area (Å²) in [6.45, 7) is 2.20. The second-order valence-corrected chi connectivity index (χ2v) is 3.24. The molecule has 1 N–H and O–H groups in total. The predicted molar refractivity (Wildman–Crippen MR) is 63.5 cm³/mol. The molecule has 0 aliphatic heterocycles. The topological polar surface area (TPSA) is 72.2 Å². The summed E-state index contributed by atoms with van der Waals surface area (Å²) in [6, 6.07) is 5.47. The molecular weight excluding hydrogens is 220 g/mol. The van der Waals surface area contributed by atoms with Gasteiger partial charge in [-0.15, -0.1) is 11.8 Å². The van der Waals surface area contributed by atoms with E-state index in [4.69, 9.17) is 0 Å². The van der Waals surface area contributed by atoms with Crippen LogP contribution in [0.3, 0.4) is 0 Å². The fourth-order valence-corrected chi connectivity index (χ4v) is 1.20. The molecule has 0 fully saturated rings. The number of rotatable bonds is 4. The number of hydrogen-bond acceptors (Lipinski definition) is 3. The van der Waals surface area contributed by atoms with E-state index in [1.54, 1.807) is 6.92 Å². The zero-order chi connectivity index (χ0) is 12.7. The van der Waals surface area contributed by atoms with Crippen LogP contribution >= 0.6 is 0 Å². The molecule has 0 radical (unpaired) electrons. The van der Waals surface area contributed by atoms with E-state index >= 15 is 0 Å². The molecule has 0 unspecified atom stereocenters. The number of nitrogens with zero attached hydrogens (tertiary/aromatic N) is 1. The number of benzene rings is 1. The van der Waals surface area contributed by atoms with Crippen LogP contribution in [-0.4, -0.2) is 17.4 Å². The van der Waals surface area contributed by atoms with Crippen molar-refractivity contribution in [3.05, 3.63) is 39.9 Å². The molecule has 0 spiro atoms. The van der Waals surface area contributed by atoms with Crippen molar-refractivity contribution in [1.29, 1.82) is 0 Å². The number of carbonyl (C=O) groups is 1. The van der Waals surface area contributed by atoms with Crippen LogP contribution in [-0.2, 0) is 0 Å². The van der Waals surface area contributed by atoms with Gasteiger partial charge in [0.1, 0.15) is 0 Å². The van der Waals surface area contributed by atoms with Gasteiger partial charge in [0, 0.05) is 30.7 Å². The van der Waals surface area contributed by atoms with Crippen molar-refractivity contribution >= 4 is 11.6 Å². The zero-order valence-corrected chi connectivity index (χ0v) is 9.40. The molecule has 0 bridgehead atoms. The predicted octanol–water partition coefficient (Wildman–Crippen LogP) is 1.74. The average Bonchev–Trinajstić information content (AvgIpc) is 2.34. The van der Waals surface area contributed by atoms with Gasteiger partial charge in [-0.1, -0.05) is 0 Å². The molecule has 0 saturated heterocycles. The highest BCUT2D eigenvalue weighted by Crippen LogP contribution is 2.11. The summed E-state index contributed by atoms with van der Waals surface area (Å²) >= 11 is 0. The third kappa shape index (κ3) is 3.95.